The van der Waals surface area contributed by atoms with Gasteiger partial charge >= 0.3 is 6.18 Å². The Balaban J connectivity index is 1.72. The zero-order valence-electron chi connectivity index (χ0n) is 11.8. The van der Waals surface area contributed by atoms with Crippen molar-refractivity contribution >= 4 is 0 Å². The van der Waals surface area contributed by atoms with Crippen LogP contribution in [0.25, 0.3) is 11.3 Å². The van der Waals surface area contributed by atoms with E-state index in [0.29, 0.717) is 11.3 Å². The van der Waals surface area contributed by atoms with Crippen molar-refractivity contribution in [3.63, 3.8) is 0 Å². The van der Waals surface area contributed by atoms with Crippen LogP contribution in [0.4, 0.5) is 22.0 Å². The van der Waals surface area contributed by atoms with Crippen LogP contribution in [-0.2, 0) is 12.7 Å². The van der Waals surface area contributed by atoms with E-state index in [4.69, 9.17) is 5.73 Å². The average Bonchev–Trinajstić information content (AvgIpc) is 2.83. The molecule has 0 saturated heterocycles. The first-order valence-electron chi connectivity index (χ1n) is 6.81. The minimum absolute atomic E-state index is 0.0796. The summed E-state index contributed by atoms with van der Waals surface area (Å²) >= 11 is 0. The van der Waals surface area contributed by atoms with Crippen molar-refractivity contribution in [2.45, 2.75) is 37.0 Å². The Morgan fingerprint density at radius 3 is 2.26 bits per heavy atom. The number of rotatable bonds is 3. The third kappa shape index (κ3) is 3.34. The number of alkyl halides is 5. The van der Waals surface area contributed by atoms with E-state index < -0.39 is 36.0 Å². The summed E-state index contributed by atoms with van der Waals surface area (Å²) in [7, 11) is 0. The van der Waals surface area contributed by atoms with Gasteiger partial charge in [-0.3, -0.25) is 4.68 Å². The van der Waals surface area contributed by atoms with Gasteiger partial charge < -0.3 is 5.73 Å². The van der Waals surface area contributed by atoms with Crippen molar-refractivity contribution in [2.24, 2.45) is 5.73 Å². The van der Waals surface area contributed by atoms with Crippen molar-refractivity contribution in [2.75, 3.05) is 0 Å². The average molecular weight is 332 g/mol. The van der Waals surface area contributed by atoms with E-state index in [1.54, 1.807) is 0 Å². The summed E-state index contributed by atoms with van der Waals surface area (Å²) in [4.78, 5) is 0. The number of halogens is 5. The van der Waals surface area contributed by atoms with Crippen LogP contribution >= 0.6 is 0 Å². The van der Waals surface area contributed by atoms with Gasteiger partial charge in [0.25, 0.3) is 5.92 Å². The van der Waals surface area contributed by atoms with Crippen molar-refractivity contribution in [3.8, 4) is 11.3 Å². The molecule has 0 atom stereocenters. The van der Waals surface area contributed by atoms with Gasteiger partial charge in [-0.2, -0.15) is 13.2 Å². The Morgan fingerprint density at radius 1 is 1.13 bits per heavy atom. The lowest BCUT2D eigenvalue weighted by Crippen LogP contribution is -2.60. The molecule has 3 rings (SSSR count). The Kier molecular flexibility index (Phi) is 3.44. The second-order valence-electron chi connectivity index (χ2n) is 5.95. The fourth-order valence-corrected chi connectivity index (χ4v) is 2.75. The number of hydrogen-bond donors (Lipinski definition) is 1. The molecule has 0 radical (unpaired) electrons. The summed E-state index contributed by atoms with van der Waals surface area (Å²) in [6.07, 6.45) is -3.77. The first kappa shape index (κ1) is 15.9. The van der Waals surface area contributed by atoms with Crippen LogP contribution in [0.2, 0.25) is 0 Å². The smallest absolute Gasteiger partial charge is 0.323 e. The number of aromatic nitrogens is 3. The molecule has 0 unspecified atom stereocenters. The summed E-state index contributed by atoms with van der Waals surface area (Å²) < 4.78 is 64.7. The van der Waals surface area contributed by atoms with E-state index >= 15 is 0 Å². The standard InChI is InChI=1S/C14H13F5N4/c15-13(16)6-12(20,7-13)8-23-5-11(21-22-23)9-1-3-10(4-2-9)14(17,18)19/h1-5H,6-8,20H2. The molecule has 4 nitrogen and oxygen atoms in total. The first-order chi connectivity index (χ1) is 10.6. The molecule has 0 spiro atoms. The molecule has 124 valence electrons. The van der Waals surface area contributed by atoms with E-state index in [1.807, 2.05) is 0 Å². The number of hydrogen-bond acceptors (Lipinski definition) is 3. The molecule has 9 heteroatoms. The maximum atomic E-state index is 12.9. The Labute approximate surface area is 128 Å². The van der Waals surface area contributed by atoms with Crippen LogP contribution in [0.1, 0.15) is 18.4 Å². The van der Waals surface area contributed by atoms with E-state index in [-0.39, 0.29) is 6.54 Å². The van der Waals surface area contributed by atoms with Gasteiger partial charge in [0.15, 0.2) is 0 Å². The highest BCUT2D eigenvalue weighted by Gasteiger charge is 2.54. The maximum absolute atomic E-state index is 12.9. The van der Waals surface area contributed by atoms with E-state index in [1.165, 1.54) is 23.0 Å². The largest absolute Gasteiger partial charge is 0.416 e. The van der Waals surface area contributed by atoms with Gasteiger partial charge in [0.1, 0.15) is 5.69 Å². The maximum Gasteiger partial charge on any atom is 0.416 e. The zero-order chi connectivity index (χ0) is 16.9. The van der Waals surface area contributed by atoms with Crippen molar-refractivity contribution in [3.05, 3.63) is 36.0 Å². The second-order valence-corrected chi connectivity index (χ2v) is 5.95. The lowest BCUT2D eigenvalue weighted by Gasteiger charge is -2.44. The molecule has 1 heterocycles. The molecule has 0 amide bonds. The number of benzene rings is 1. The molecule has 1 saturated carbocycles. The van der Waals surface area contributed by atoms with Crippen molar-refractivity contribution in [1.29, 1.82) is 0 Å². The van der Waals surface area contributed by atoms with Gasteiger partial charge in [-0.1, -0.05) is 17.3 Å². The predicted octanol–water partition coefficient (Wildman–Crippen LogP) is 3.09. The third-order valence-electron chi connectivity index (χ3n) is 3.74. The summed E-state index contributed by atoms with van der Waals surface area (Å²) in [5.74, 6) is -2.74. The Hall–Kier alpha value is -2.03. The molecule has 23 heavy (non-hydrogen) atoms. The van der Waals surface area contributed by atoms with Crippen LogP contribution in [-0.4, -0.2) is 26.5 Å². The monoisotopic (exact) mass is 332 g/mol. The highest BCUT2D eigenvalue weighted by molar-refractivity contribution is 5.58. The van der Waals surface area contributed by atoms with Gasteiger partial charge in [0.05, 0.1) is 18.3 Å². The minimum Gasteiger partial charge on any atom is -0.323 e. The lowest BCUT2D eigenvalue weighted by molar-refractivity contribution is -0.137. The van der Waals surface area contributed by atoms with Crippen molar-refractivity contribution < 1.29 is 22.0 Å². The fraction of sp³-hybridized carbons (Fsp3) is 0.429. The Morgan fingerprint density at radius 2 is 1.74 bits per heavy atom. The van der Waals surface area contributed by atoms with Gasteiger partial charge in [0.2, 0.25) is 0 Å². The van der Waals surface area contributed by atoms with E-state index in [9.17, 15) is 22.0 Å². The topological polar surface area (TPSA) is 56.7 Å². The Bertz CT molecular complexity index is 697. The van der Waals surface area contributed by atoms with Gasteiger partial charge in [-0.15, -0.1) is 5.10 Å². The quantitative estimate of drug-likeness (QED) is 0.879. The highest BCUT2D eigenvalue weighted by atomic mass is 19.4. The molecule has 1 aromatic carbocycles. The zero-order valence-corrected chi connectivity index (χ0v) is 11.8. The summed E-state index contributed by atoms with van der Waals surface area (Å²) in [5, 5.41) is 7.64. The first-order valence-corrected chi connectivity index (χ1v) is 6.81. The van der Waals surface area contributed by atoms with Crippen LogP contribution < -0.4 is 5.73 Å². The molecule has 1 aliphatic carbocycles. The SMILES string of the molecule is NC1(Cn2cc(-c3ccc(C(F)(F)F)cc3)nn2)CC(F)(F)C1. The molecule has 2 N–H and O–H groups in total. The van der Waals surface area contributed by atoms with Gasteiger partial charge in [-0.25, -0.2) is 8.78 Å². The minimum atomic E-state index is -4.41. The molecule has 2 aromatic rings. The summed E-state index contributed by atoms with van der Waals surface area (Å²) in [5.41, 5.74) is 4.85. The second kappa shape index (κ2) is 4.98. The summed E-state index contributed by atoms with van der Waals surface area (Å²) in [6, 6.07) is 4.47. The number of nitrogens with zero attached hydrogens (tertiary/aromatic N) is 3. The molecule has 1 aliphatic rings. The van der Waals surface area contributed by atoms with Crippen LogP contribution in [0.15, 0.2) is 30.5 Å². The predicted molar refractivity (Wildman–Crippen MR) is 71.6 cm³/mol. The van der Waals surface area contributed by atoms with Gasteiger partial charge in [-0.05, 0) is 12.1 Å². The van der Waals surface area contributed by atoms with Crippen LogP contribution in [0.3, 0.4) is 0 Å². The van der Waals surface area contributed by atoms with E-state index in [0.717, 1.165) is 12.1 Å². The number of nitrogens with two attached hydrogens (primary N) is 1. The third-order valence-corrected chi connectivity index (χ3v) is 3.74. The molecular formula is C14H13F5N4. The fourth-order valence-electron chi connectivity index (χ4n) is 2.75. The summed E-state index contributed by atoms with van der Waals surface area (Å²) in [6.45, 7) is 0.0796. The molecule has 0 bridgehead atoms. The molecule has 1 fully saturated rings. The van der Waals surface area contributed by atoms with Crippen LogP contribution in [0.5, 0.6) is 0 Å². The highest BCUT2D eigenvalue weighted by Crippen LogP contribution is 2.44. The molecule has 0 aliphatic heterocycles. The van der Waals surface area contributed by atoms with Gasteiger partial charge in [0, 0.05) is 23.9 Å². The van der Waals surface area contributed by atoms with Crippen molar-refractivity contribution in [1.82, 2.24) is 15.0 Å². The molecular weight excluding hydrogens is 319 g/mol. The van der Waals surface area contributed by atoms with E-state index in [2.05, 4.69) is 10.3 Å². The van der Waals surface area contributed by atoms with Crippen LogP contribution in [0, 0.1) is 0 Å². The lowest BCUT2D eigenvalue weighted by atomic mass is 9.74. The normalized spacial score (nSPS) is 19.4. The molecule has 1 aromatic heterocycles.